The molecule has 0 heterocycles. The minimum Gasteiger partial charge on any atom is -0.508 e. The van der Waals surface area contributed by atoms with Crippen LogP contribution in [0.3, 0.4) is 0 Å². The molecule has 2 aromatic carbocycles. The lowest BCUT2D eigenvalue weighted by Gasteiger charge is -2.22. The van der Waals surface area contributed by atoms with Crippen molar-refractivity contribution in [2.45, 2.75) is 68.6 Å². The van der Waals surface area contributed by atoms with Crippen molar-refractivity contribution in [3.05, 3.63) is 42.0 Å². The number of unbranched alkanes of at least 4 members (excludes halogenated alkanes) is 6. The van der Waals surface area contributed by atoms with E-state index in [2.05, 4.69) is 6.92 Å². The van der Waals surface area contributed by atoms with Gasteiger partial charge in [0.2, 0.25) is 0 Å². The molecule has 0 aliphatic rings. The summed E-state index contributed by atoms with van der Waals surface area (Å²) in [5, 5.41) is 29.2. The average Bonchev–Trinajstić information content (AvgIpc) is 2.73. The van der Waals surface area contributed by atoms with Crippen molar-refractivity contribution in [2.75, 3.05) is 6.54 Å². The van der Waals surface area contributed by atoms with Crippen molar-refractivity contribution >= 4 is 20.0 Å². The number of aryl methyl sites for hydroxylation is 1. The quantitative estimate of drug-likeness (QED) is 0.302. The van der Waals surface area contributed by atoms with Crippen LogP contribution in [-0.4, -0.2) is 42.4 Å². The maximum atomic E-state index is 13.3. The molecule has 2 rings (SSSR count). The fraction of sp³-hybridized carbons (Fsp3) is 0.455. The van der Waals surface area contributed by atoms with Gasteiger partial charge in [0.05, 0.1) is 9.79 Å². The Hall–Kier alpha value is -2.30. The van der Waals surface area contributed by atoms with E-state index in [1.165, 1.54) is 12.1 Å². The van der Waals surface area contributed by atoms with Crippen LogP contribution in [-0.2, 0) is 20.0 Å². The third-order valence-electron chi connectivity index (χ3n) is 5.20. The Kier molecular flexibility index (Phi) is 8.94. The third kappa shape index (κ3) is 6.14. The van der Waals surface area contributed by atoms with Gasteiger partial charge in [0.25, 0.3) is 20.0 Å². The molecule has 2 aromatic rings. The smallest absolute Gasteiger partial charge is 0.256 e. The monoisotopic (exact) mass is 485 g/mol. The lowest BCUT2D eigenvalue weighted by molar-refractivity contribution is 0.402. The van der Waals surface area contributed by atoms with Gasteiger partial charge in [-0.3, -0.25) is 0 Å². The summed E-state index contributed by atoms with van der Waals surface area (Å²) >= 11 is 0. The van der Waals surface area contributed by atoms with Gasteiger partial charge >= 0.3 is 0 Å². The zero-order valence-electron chi connectivity index (χ0n) is 18.4. The molecule has 0 aliphatic carbocycles. The van der Waals surface area contributed by atoms with Crippen molar-refractivity contribution in [3.8, 4) is 17.2 Å². The van der Waals surface area contributed by atoms with E-state index >= 15 is 0 Å². The van der Waals surface area contributed by atoms with Gasteiger partial charge in [-0.15, -0.1) is 0 Å². The number of rotatable bonds is 12. The lowest BCUT2D eigenvalue weighted by Crippen LogP contribution is -2.37. The molecule has 0 saturated heterocycles. The van der Waals surface area contributed by atoms with Crippen molar-refractivity contribution in [2.24, 2.45) is 0 Å². The molecule has 10 heteroatoms. The summed E-state index contributed by atoms with van der Waals surface area (Å²) in [6.07, 6.45) is 6.14. The normalized spacial score (nSPS) is 12.3. The van der Waals surface area contributed by atoms with Gasteiger partial charge in [0.15, 0.2) is 11.5 Å². The van der Waals surface area contributed by atoms with Crippen molar-refractivity contribution in [1.82, 2.24) is 3.71 Å². The summed E-state index contributed by atoms with van der Waals surface area (Å²) < 4.78 is 53.5. The van der Waals surface area contributed by atoms with Crippen molar-refractivity contribution < 1.29 is 32.2 Å². The number of benzene rings is 2. The Morgan fingerprint density at radius 1 is 0.688 bits per heavy atom. The van der Waals surface area contributed by atoms with Crippen molar-refractivity contribution in [1.29, 1.82) is 0 Å². The van der Waals surface area contributed by atoms with Gasteiger partial charge in [-0.25, -0.2) is 16.8 Å². The molecule has 0 atom stereocenters. The number of hydrogen-bond donors (Lipinski definition) is 3. The maximum Gasteiger partial charge on any atom is 0.256 e. The van der Waals surface area contributed by atoms with Gasteiger partial charge in [-0.1, -0.05) is 55.2 Å². The molecule has 8 nitrogen and oxygen atoms in total. The minimum absolute atomic E-state index is 0.262. The molecule has 0 radical (unpaired) electrons. The topological polar surface area (TPSA) is 132 Å². The number of hydrogen-bond acceptors (Lipinski definition) is 7. The summed E-state index contributed by atoms with van der Waals surface area (Å²) in [5.74, 6) is -1.46. The predicted octanol–water partition coefficient (Wildman–Crippen LogP) is 4.24. The first kappa shape index (κ1) is 26.0. The highest BCUT2D eigenvalue weighted by Crippen LogP contribution is 2.32. The number of sulfonamides is 2. The average molecular weight is 486 g/mol. The number of nitrogens with zero attached hydrogens (tertiary/aromatic N) is 1. The van der Waals surface area contributed by atoms with Crippen LogP contribution in [0.2, 0.25) is 0 Å². The van der Waals surface area contributed by atoms with Gasteiger partial charge < -0.3 is 15.3 Å². The van der Waals surface area contributed by atoms with Crippen LogP contribution >= 0.6 is 0 Å². The molecule has 0 aromatic heterocycles. The minimum atomic E-state index is -4.58. The summed E-state index contributed by atoms with van der Waals surface area (Å²) in [6, 6.07) is 6.48. The first-order chi connectivity index (χ1) is 15.0. The second kappa shape index (κ2) is 11.0. The predicted molar refractivity (Wildman–Crippen MR) is 122 cm³/mol. The number of aromatic hydroxyl groups is 3. The Morgan fingerprint density at radius 3 is 1.72 bits per heavy atom. The molecule has 0 spiro atoms. The molecule has 178 valence electrons. The molecule has 0 aliphatic heterocycles. The van der Waals surface area contributed by atoms with Crippen LogP contribution < -0.4 is 0 Å². The van der Waals surface area contributed by atoms with Crippen LogP contribution in [0.25, 0.3) is 0 Å². The van der Waals surface area contributed by atoms with Gasteiger partial charge in [-0.05, 0) is 37.1 Å². The summed E-state index contributed by atoms with van der Waals surface area (Å²) in [4.78, 5) is -0.814. The zero-order chi connectivity index (χ0) is 23.9. The Balaban J connectivity index is 2.37. The summed E-state index contributed by atoms with van der Waals surface area (Å²) in [7, 11) is -9.11. The van der Waals surface area contributed by atoms with Crippen LogP contribution in [0.15, 0.2) is 46.2 Å². The van der Waals surface area contributed by atoms with E-state index in [4.69, 9.17) is 0 Å². The molecule has 0 fully saturated rings. The lowest BCUT2D eigenvalue weighted by atomic mass is 10.1. The molecule has 0 unspecified atom stereocenters. The Bertz CT molecular complexity index is 1050. The molecule has 32 heavy (non-hydrogen) atoms. The first-order valence-corrected chi connectivity index (χ1v) is 13.5. The standard InChI is InChI=1S/C22H31NO7S2/c1-3-4-5-6-7-8-9-14-23(31(27,28)18-11-10-17(2)21(25)15-18)32(29,30)19-12-13-20(24)22(26)16-19/h10-13,15-16,24-26H,3-9,14H2,1-2H3. The maximum absolute atomic E-state index is 13.3. The fourth-order valence-electron chi connectivity index (χ4n) is 3.22. The van der Waals surface area contributed by atoms with Crippen LogP contribution in [0, 0.1) is 6.92 Å². The number of phenolic OH excluding ortho intramolecular Hbond substituents is 3. The summed E-state index contributed by atoms with van der Waals surface area (Å²) in [6.45, 7) is 3.42. The van der Waals surface area contributed by atoms with E-state index in [1.54, 1.807) is 6.92 Å². The number of phenols is 3. The highest BCUT2D eigenvalue weighted by molar-refractivity contribution is 8.04. The molecule has 0 bridgehead atoms. The van der Waals surface area contributed by atoms with E-state index in [9.17, 15) is 32.2 Å². The van der Waals surface area contributed by atoms with Crippen molar-refractivity contribution in [3.63, 3.8) is 0 Å². The Morgan fingerprint density at radius 2 is 1.19 bits per heavy atom. The van der Waals surface area contributed by atoms with Crippen LogP contribution in [0.4, 0.5) is 0 Å². The zero-order valence-corrected chi connectivity index (χ0v) is 20.0. The van der Waals surface area contributed by atoms with Gasteiger partial charge in [0.1, 0.15) is 5.75 Å². The van der Waals surface area contributed by atoms with Gasteiger partial charge in [-0.2, -0.15) is 0 Å². The van der Waals surface area contributed by atoms with E-state index < -0.39 is 36.4 Å². The molecule has 0 amide bonds. The van der Waals surface area contributed by atoms with E-state index in [-0.39, 0.29) is 17.2 Å². The van der Waals surface area contributed by atoms with E-state index in [1.807, 2.05) is 0 Å². The molecule has 3 N–H and O–H groups in total. The SMILES string of the molecule is CCCCCCCCCN(S(=O)(=O)c1ccc(C)c(O)c1)S(=O)(=O)c1ccc(O)c(O)c1. The fourth-order valence-corrected chi connectivity index (χ4v) is 6.98. The second-order valence-electron chi connectivity index (χ2n) is 7.73. The Labute approximate surface area is 190 Å². The van der Waals surface area contributed by atoms with Crippen LogP contribution in [0.1, 0.15) is 57.4 Å². The first-order valence-electron chi connectivity index (χ1n) is 10.6. The third-order valence-corrected chi connectivity index (χ3v) is 9.52. The van der Waals surface area contributed by atoms with Gasteiger partial charge in [0, 0.05) is 18.7 Å². The molecular formula is C22H31NO7S2. The summed E-state index contributed by atoms with van der Waals surface area (Å²) in [5.41, 5.74) is 0.453. The van der Waals surface area contributed by atoms with Crippen LogP contribution in [0.5, 0.6) is 17.2 Å². The highest BCUT2D eigenvalue weighted by Gasteiger charge is 2.36. The molecule has 0 saturated carbocycles. The second-order valence-corrected chi connectivity index (χ2v) is 11.7. The highest BCUT2D eigenvalue weighted by atomic mass is 32.3. The van der Waals surface area contributed by atoms with E-state index in [0.717, 1.165) is 56.4 Å². The largest absolute Gasteiger partial charge is 0.508 e. The van der Waals surface area contributed by atoms with E-state index in [0.29, 0.717) is 22.1 Å². The molecular weight excluding hydrogens is 454 g/mol.